The molecule has 0 bridgehead atoms. The fourth-order valence-corrected chi connectivity index (χ4v) is 3.45. The Balaban J connectivity index is 1.59. The summed E-state index contributed by atoms with van der Waals surface area (Å²) in [5.74, 6) is 0.595. The molecule has 0 spiro atoms. The molecule has 9 heteroatoms. The van der Waals surface area contributed by atoms with Crippen LogP contribution < -0.4 is 27.3 Å². The van der Waals surface area contributed by atoms with Crippen molar-refractivity contribution >= 4 is 11.8 Å². The maximum absolute atomic E-state index is 15.4. The van der Waals surface area contributed by atoms with E-state index in [1.54, 1.807) is 18.3 Å². The van der Waals surface area contributed by atoms with Crippen LogP contribution in [0, 0.1) is 5.82 Å². The summed E-state index contributed by atoms with van der Waals surface area (Å²) in [5.41, 5.74) is 18.1. The fourth-order valence-electron chi connectivity index (χ4n) is 3.45. The van der Waals surface area contributed by atoms with Gasteiger partial charge in [-0.1, -0.05) is 12.5 Å². The van der Waals surface area contributed by atoms with E-state index in [0.29, 0.717) is 23.6 Å². The summed E-state index contributed by atoms with van der Waals surface area (Å²) in [4.78, 5) is 12.4. The zero-order valence-electron chi connectivity index (χ0n) is 15.9. The van der Waals surface area contributed by atoms with E-state index in [-0.39, 0.29) is 24.1 Å². The highest BCUT2D eigenvalue weighted by Crippen LogP contribution is 2.43. The molecule has 1 aromatic carbocycles. The number of nitrogens with zero attached hydrogens (tertiary/aromatic N) is 3. The highest BCUT2D eigenvalue weighted by atomic mass is 19.1. The van der Waals surface area contributed by atoms with Gasteiger partial charge < -0.3 is 27.3 Å². The lowest BCUT2D eigenvalue weighted by Gasteiger charge is -2.29. The quantitative estimate of drug-likeness (QED) is 0.585. The van der Waals surface area contributed by atoms with E-state index in [2.05, 4.69) is 20.3 Å². The maximum atomic E-state index is 15.4. The number of hydrogen-bond acceptors (Lipinski definition) is 8. The molecule has 1 aliphatic carbocycles. The number of aliphatic imine (C=N–C) groups is 1. The molecule has 0 radical (unpaired) electrons. The molecule has 0 saturated heterocycles. The van der Waals surface area contributed by atoms with E-state index in [1.165, 1.54) is 12.4 Å². The van der Waals surface area contributed by atoms with E-state index >= 15 is 4.39 Å². The van der Waals surface area contributed by atoms with Crippen molar-refractivity contribution in [1.82, 2.24) is 15.3 Å². The van der Waals surface area contributed by atoms with Crippen molar-refractivity contribution in [3.63, 3.8) is 0 Å². The monoisotopic (exact) mass is 397 g/mol. The second-order valence-corrected chi connectivity index (χ2v) is 7.36. The number of halogens is 1. The number of benzene rings is 1. The van der Waals surface area contributed by atoms with Crippen molar-refractivity contribution in [1.29, 1.82) is 0 Å². The minimum absolute atomic E-state index is 0.186. The zero-order chi connectivity index (χ0) is 20.4. The van der Waals surface area contributed by atoms with Gasteiger partial charge in [-0.05, 0) is 30.9 Å². The molecular formula is C20H24FN7O. The standard InChI is InChI=1S/C20H24FN7O/c21-17-14(15-10-27-16(22)11-26-15)5-4-13(12-2-1-3-12)18(17)29-9-7-20(24)6-8-25-19(23)28-20/h4-6,8,10-12H,1-3,7,9,24H2,(H2,22,27)(H3,23,25,28). The fraction of sp³-hybridized carbons (Fsp3) is 0.350. The van der Waals surface area contributed by atoms with Crippen LogP contribution in [0.25, 0.3) is 11.3 Å². The number of nitrogens with one attached hydrogen (secondary N) is 1. The topological polar surface area (TPSA) is 137 Å². The van der Waals surface area contributed by atoms with Crippen LogP contribution in [0.5, 0.6) is 5.75 Å². The third-order valence-corrected chi connectivity index (χ3v) is 5.30. The Bertz CT molecular complexity index is 956. The van der Waals surface area contributed by atoms with Crippen LogP contribution >= 0.6 is 0 Å². The molecule has 1 unspecified atom stereocenters. The van der Waals surface area contributed by atoms with E-state index in [4.69, 9.17) is 21.9 Å². The molecule has 8 nitrogen and oxygen atoms in total. The van der Waals surface area contributed by atoms with E-state index < -0.39 is 11.5 Å². The van der Waals surface area contributed by atoms with Crippen molar-refractivity contribution in [3.8, 4) is 17.0 Å². The second kappa shape index (κ2) is 7.67. The summed E-state index contributed by atoms with van der Waals surface area (Å²) in [5, 5.41) is 2.77. The number of nitrogen functional groups attached to an aromatic ring is 1. The number of rotatable bonds is 6. The normalized spacial score (nSPS) is 21.2. The lowest BCUT2D eigenvalue weighted by atomic mass is 9.79. The van der Waals surface area contributed by atoms with Crippen LogP contribution in [-0.2, 0) is 0 Å². The summed E-state index contributed by atoms with van der Waals surface area (Å²) < 4.78 is 21.4. The first kappa shape index (κ1) is 19.1. The molecule has 2 aliphatic rings. The summed E-state index contributed by atoms with van der Waals surface area (Å²) in [6, 6.07) is 3.63. The van der Waals surface area contributed by atoms with Gasteiger partial charge in [0.2, 0.25) is 0 Å². The molecule has 2 heterocycles. The van der Waals surface area contributed by atoms with Crippen molar-refractivity contribution in [3.05, 3.63) is 48.2 Å². The first-order valence-corrected chi connectivity index (χ1v) is 9.57. The average molecular weight is 397 g/mol. The van der Waals surface area contributed by atoms with Crippen LogP contribution in [0.2, 0.25) is 0 Å². The molecule has 7 N–H and O–H groups in total. The number of guanidine groups is 1. The predicted octanol–water partition coefficient (Wildman–Crippen LogP) is 1.99. The van der Waals surface area contributed by atoms with Gasteiger partial charge in [-0.2, -0.15) is 0 Å². The lowest BCUT2D eigenvalue weighted by molar-refractivity contribution is 0.260. The maximum Gasteiger partial charge on any atom is 0.194 e. The Morgan fingerprint density at radius 1 is 1.21 bits per heavy atom. The molecule has 4 rings (SSSR count). The highest BCUT2D eigenvalue weighted by molar-refractivity contribution is 5.80. The Labute approximate surface area is 168 Å². The molecule has 2 aromatic rings. The second-order valence-electron chi connectivity index (χ2n) is 7.36. The average Bonchev–Trinajstić information content (AvgIpc) is 2.63. The molecule has 29 heavy (non-hydrogen) atoms. The molecule has 0 amide bonds. The summed E-state index contributed by atoms with van der Waals surface area (Å²) in [6.07, 6.45) is 9.72. The van der Waals surface area contributed by atoms with Gasteiger partial charge in [0.1, 0.15) is 11.5 Å². The van der Waals surface area contributed by atoms with Crippen LogP contribution in [0.15, 0.2) is 41.8 Å². The van der Waals surface area contributed by atoms with E-state index in [1.807, 2.05) is 6.07 Å². The smallest absolute Gasteiger partial charge is 0.194 e. The Kier molecular flexibility index (Phi) is 5.06. The Morgan fingerprint density at radius 3 is 2.69 bits per heavy atom. The van der Waals surface area contributed by atoms with Gasteiger partial charge in [0.15, 0.2) is 17.5 Å². The highest BCUT2D eigenvalue weighted by Gasteiger charge is 2.28. The van der Waals surface area contributed by atoms with Gasteiger partial charge in [0.25, 0.3) is 0 Å². The van der Waals surface area contributed by atoms with Crippen LogP contribution in [0.3, 0.4) is 0 Å². The summed E-state index contributed by atoms with van der Waals surface area (Å²) >= 11 is 0. The third-order valence-electron chi connectivity index (χ3n) is 5.30. The molecule has 1 aromatic heterocycles. The molecule has 1 saturated carbocycles. The first-order chi connectivity index (χ1) is 14.0. The number of ether oxygens (including phenoxy) is 1. The predicted molar refractivity (Wildman–Crippen MR) is 109 cm³/mol. The molecule has 1 aliphatic heterocycles. The van der Waals surface area contributed by atoms with Gasteiger partial charge in [-0.25, -0.2) is 14.4 Å². The van der Waals surface area contributed by atoms with Crippen LogP contribution in [0.4, 0.5) is 10.2 Å². The van der Waals surface area contributed by atoms with Crippen molar-refractivity contribution < 1.29 is 9.13 Å². The number of nitrogens with two attached hydrogens (primary N) is 3. The van der Waals surface area contributed by atoms with Gasteiger partial charge in [0.05, 0.1) is 24.7 Å². The molecule has 1 fully saturated rings. The first-order valence-electron chi connectivity index (χ1n) is 9.57. The third kappa shape index (κ3) is 4.00. The van der Waals surface area contributed by atoms with Crippen molar-refractivity contribution in [2.75, 3.05) is 12.3 Å². The molecule has 152 valence electrons. The Hall–Kier alpha value is -3.20. The summed E-state index contributed by atoms with van der Waals surface area (Å²) in [6.45, 7) is 0.186. The van der Waals surface area contributed by atoms with Gasteiger partial charge in [-0.15, -0.1) is 0 Å². The van der Waals surface area contributed by atoms with Crippen molar-refractivity contribution in [2.45, 2.75) is 37.3 Å². The van der Waals surface area contributed by atoms with Gasteiger partial charge >= 0.3 is 0 Å². The zero-order valence-corrected chi connectivity index (χ0v) is 15.9. The lowest BCUT2D eigenvalue weighted by Crippen LogP contribution is -2.45. The van der Waals surface area contributed by atoms with Crippen molar-refractivity contribution in [2.24, 2.45) is 16.5 Å². The summed E-state index contributed by atoms with van der Waals surface area (Å²) in [7, 11) is 0. The number of anilines is 1. The van der Waals surface area contributed by atoms with Gasteiger partial charge in [-0.3, -0.25) is 4.98 Å². The van der Waals surface area contributed by atoms with E-state index in [9.17, 15) is 0 Å². The van der Waals surface area contributed by atoms with E-state index in [0.717, 1.165) is 24.8 Å². The van der Waals surface area contributed by atoms with Crippen LogP contribution in [0.1, 0.15) is 37.2 Å². The Morgan fingerprint density at radius 2 is 2.03 bits per heavy atom. The SMILES string of the molecule is NC1=NC(N)(CCOc2c(C3CCC3)ccc(-c3cnc(N)cn3)c2F)C=CN1. The minimum Gasteiger partial charge on any atom is -0.490 e. The number of aromatic nitrogens is 2. The molecular weight excluding hydrogens is 373 g/mol. The minimum atomic E-state index is -0.984. The van der Waals surface area contributed by atoms with Crippen LogP contribution in [-0.4, -0.2) is 28.2 Å². The molecule has 1 atom stereocenters. The van der Waals surface area contributed by atoms with Gasteiger partial charge in [0, 0.05) is 23.7 Å². The largest absolute Gasteiger partial charge is 0.490 e. The number of hydrogen-bond donors (Lipinski definition) is 4.